The zero-order valence-electron chi connectivity index (χ0n) is 46.3. The fraction of sp³-hybridized carbons (Fsp3) is 0.407. The highest BCUT2D eigenvalue weighted by Crippen LogP contribution is 2.40. The van der Waals surface area contributed by atoms with Gasteiger partial charge in [0.2, 0.25) is 17.7 Å². The second-order valence-corrected chi connectivity index (χ2v) is 24.0. The Bertz CT molecular complexity index is 3520. The van der Waals surface area contributed by atoms with Crippen molar-refractivity contribution in [1.29, 1.82) is 0 Å². The maximum Gasteiger partial charge on any atom is 0.308 e. The minimum atomic E-state index is -1.07. The van der Waals surface area contributed by atoms with Gasteiger partial charge >= 0.3 is 5.97 Å². The smallest absolute Gasteiger partial charge is 0.308 e. The molecule has 4 amide bonds. The van der Waals surface area contributed by atoms with Gasteiger partial charge in [-0.3, -0.25) is 33.5 Å². The maximum absolute atomic E-state index is 14.4. The average molecular weight is 1120 g/mol. The minimum absolute atomic E-state index is 0.0159. The van der Waals surface area contributed by atoms with E-state index >= 15 is 0 Å². The molecule has 21 heteroatoms. The number of furan rings is 1. The van der Waals surface area contributed by atoms with Crippen LogP contribution in [0.2, 0.25) is 0 Å². The first-order chi connectivity index (χ1) is 38.3. The topological polar surface area (TPSA) is 236 Å². The lowest BCUT2D eigenvalue weighted by molar-refractivity contribution is -0.142. The summed E-state index contributed by atoms with van der Waals surface area (Å²) in [4.78, 5) is 83.4. The van der Waals surface area contributed by atoms with Gasteiger partial charge in [-0.1, -0.05) is 57.2 Å². The molecule has 3 unspecified atom stereocenters. The van der Waals surface area contributed by atoms with Crippen molar-refractivity contribution in [3.8, 4) is 21.2 Å². The molecule has 3 aliphatic rings. The summed E-state index contributed by atoms with van der Waals surface area (Å²) in [7, 11) is 1.37. The van der Waals surface area contributed by atoms with Gasteiger partial charge in [0.1, 0.15) is 46.9 Å². The van der Waals surface area contributed by atoms with E-state index < -0.39 is 47.4 Å². The first-order valence-electron chi connectivity index (χ1n) is 26.8. The van der Waals surface area contributed by atoms with Crippen LogP contribution < -0.4 is 25.6 Å². The number of ether oxygens (including phenoxy) is 2. The monoisotopic (exact) mass is 1120 g/mol. The fourth-order valence-electron chi connectivity index (χ4n) is 10.7. The molecule has 7 heterocycles. The summed E-state index contributed by atoms with van der Waals surface area (Å²) in [5.41, 5.74) is 9.08. The van der Waals surface area contributed by atoms with Gasteiger partial charge < -0.3 is 44.7 Å². The summed E-state index contributed by atoms with van der Waals surface area (Å²) < 4.78 is 19.0. The molecule has 418 valence electrons. The molecule has 4 aromatic heterocycles. The lowest BCUT2D eigenvalue weighted by atomic mass is 9.85. The van der Waals surface area contributed by atoms with Crippen molar-refractivity contribution in [3.63, 3.8) is 0 Å². The zero-order valence-corrected chi connectivity index (χ0v) is 47.9. The van der Waals surface area contributed by atoms with Gasteiger partial charge in [0.25, 0.3) is 5.91 Å². The number of hydrogen-bond acceptors (Lipinski definition) is 16. The zero-order chi connectivity index (χ0) is 56.7. The van der Waals surface area contributed by atoms with E-state index in [0.29, 0.717) is 47.9 Å². The molecule has 2 fully saturated rings. The van der Waals surface area contributed by atoms with E-state index in [0.717, 1.165) is 59.7 Å². The number of rotatable bonds is 16. The number of fused-ring (bicyclic) bond motifs is 4. The molecule has 2 saturated heterocycles. The van der Waals surface area contributed by atoms with Crippen LogP contribution in [0.1, 0.15) is 114 Å². The number of likely N-dealkylation sites (tertiary alicyclic amines) is 1. The number of carbonyl (C=O) groups excluding carboxylic acids is 5. The van der Waals surface area contributed by atoms with E-state index in [9.17, 15) is 29.1 Å². The Morgan fingerprint density at radius 3 is 2.38 bits per heavy atom. The summed E-state index contributed by atoms with van der Waals surface area (Å²) in [6.45, 7) is 17.1. The molecule has 19 nitrogen and oxygen atoms in total. The van der Waals surface area contributed by atoms with Crippen LogP contribution in [0.5, 0.6) is 5.75 Å². The van der Waals surface area contributed by atoms with Crippen LogP contribution in [0.3, 0.4) is 0 Å². The molecule has 0 bridgehead atoms. The second kappa shape index (κ2) is 22.8. The van der Waals surface area contributed by atoms with E-state index in [1.165, 1.54) is 12.0 Å². The SMILES string of the molecule is COC(=O)C[C@@H]1N=C(c2ccc(N3CCC(C(=O)NCCOc4ccc5oc(C(=O)NC(C(=O)N6C[C@H](O)C[C@H]6C(=O)NC(C)c6ccc(-c7scnc7C)cc6)C(C)(C)C)cc5c4)C3)cc2)c2c(sc(C)c2C)-n2c(C)nnc21. The molecule has 6 atom stereocenters. The predicted molar refractivity (Wildman–Crippen MR) is 306 cm³/mol. The summed E-state index contributed by atoms with van der Waals surface area (Å²) in [5.74, 6) is -0.356. The van der Waals surface area contributed by atoms with Crippen molar-refractivity contribution in [2.45, 2.75) is 105 Å². The van der Waals surface area contributed by atoms with Crippen LogP contribution in [0.25, 0.3) is 26.4 Å². The number of β-amino-alcohol motifs (C(OH)–C–C–N with tert-alkyl or cyclic N) is 1. The Labute approximate surface area is 471 Å². The number of hydrogen-bond donors (Lipinski definition) is 4. The van der Waals surface area contributed by atoms with E-state index in [2.05, 4.69) is 62.0 Å². The van der Waals surface area contributed by atoms with Gasteiger partial charge in [0, 0.05) is 53.1 Å². The number of amides is 4. The molecule has 3 aliphatic heterocycles. The molecular weight excluding hydrogens is 1060 g/mol. The van der Waals surface area contributed by atoms with Crippen LogP contribution in [0.4, 0.5) is 5.69 Å². The first-order valence-corrected chi connectivity index (χ1v) is 28.5. The molecule has 4 N–H and O–H groups in total. The van der Waals surface area contributed by atoms with Gasteiger partial charge in [0.15, 0.2) is 11.6 Å². The quantitative estimate of drug-likeness (QED) is 0.0533. The number of aliphatic imine (C=N–C) groups is 1. The second-order valence-electron chi connectivity index (χ2n) is 21.9. The van der Waals surface area contributed by atoms with Crippen LogP contribution in [0.15, 0.2) is 87.7 Å². The number of thiophene rings is 1. The third-order valence-electron chi connectivity index (χ3n) is 15.3. The molecule has 3 aromatic carbocycles. The predicted octanol–water partition coefficient (Wildman–Crippen LogP) is 7.89. The number of benzene rings is 3. The highest BCUT2D eigenvalue weighted by atomic mass is 32.1. The molecule has 0 radical (unpaired) electrons. The maximum atomic E-state index is 14.4. The van der Waals surface area contributed by atoms with Crippen molar-refractivity contribution in [3.05, 3.63) is 129 Å². The van der Waals surface area contributed by atoms with E-state index in [1.807, 2.05) is 88.0 Å². The van der Waals surface area contributed by atoms with Crippen LogP contribution in [-0.4, -0.2) is 123 Å². The number of methoxy groups -OCH3 is 1. The third-order valence-corrected chi connectivity index (χ3v) is 17.5. The van der Waals surface area contributed by atoms with Gasteiger partial charge in [-0.15, -0.1) is 32.9 Å². The minimum Gasteiger partial charge on any atom is -0.492 e. The van der Waals surface area contributed by atoms with E-state index in [1.54, 1.807) is 46.9 Å². The number of thiazole rings is 1. The number of nitrogens with zero attached hydrogens (tertiary/aromatic N) is 7. The number of aromatic nitrogens is 4. The number of aryl methyl sites for hydroxylation is 3. The van der Waals surface area contributed by atoms with Crippen molar-refractivity contribution in [2.75, 3.05) is 44.8 Å². The van der Waals surface area contributed by atoms with Crippen LogP contribution >= 0.6 is 22.7 Å². The van der Waals surface area contributed by atoms with Gasteiger partial charge in [-0.05, 0) is 99.5 Å². The highest BCUT2D eigenvalue weighted by molar-refractivity contribution is 7.15. The van der Waals surface area contributed by atoms with Crippen LogP contribution in [0, 0.1) is 39.0 Å². The summed E-state index contributed by atoms with van der Waals surface area (Å²) in [6.07, 6.45) is -0.152. The summed E-state index contributed by atoms with van der Waals surface area (Å²) in [6, 6.07) is 19.8. The molecular formula is C59H66N10O9S2. The average Bonchev–Trinajstić information content (AvgIpc) is 4.33. The number of nitrogens with one attached hydrogen (secondary N) is 3. The van der Waals surface area contributed by atoms with E-state index in [4.69, 9.17) is 18.9 Å². The van der Waals surface area contributed by atoms with Crippen LogP contribution in [-0.2, 0) is 23.9 Å². The lowest BCUT2D eigenvalue weighted by Crippen LogP contribution is -2.57. The number of carbonyl (C=O) groups is 5. The normalized spacial score (nSPS) is 18.7. The Morgan fingerprint density at radius 1 is 0.912 bits per heavy atom. The Hall–Kier alpha value is -7.75. The molecule has 7 aromatic rings. The van der Waals surface area contributed by atoms with Gasteiger partial charge in [0.05, 0.1) is 59.9 Å². The van der Waals surface area contributed by atoms with Crippen molar-refractivity contribution in [1.82, 2.24) is 40.6 Å². The van der Waals surface area contributed by atoms with Crippen molar-refractivity contribution in [2.24, 2.45) is 16.3 Å². The largest absolute Gasteiger partial charge is 0.492 e. The summed E-state index contributed by atoms with van der Waals surface area (Å²) in [5, 5.41) is 30.1. The highest BCUT2D eigenvalue weighted by Gasteiger charge is 2.45. The molecule has 0 spiro atoms. The molecule has 0 saturated carbocycles. The van der Waals surface area contributed by atoms with Crippen molar-refractivity contribution < 1.29 is 43.0 Å². The van der Waals surface area contributed by atoms with E-state index in [-0.39, 0.29) is 62.1 Å². The van der Waals surface area contributed by atoms with Crippen molar-refractivity contribution >= 4 is 74.6 Å². The van der Waals surface area contributed by atoms with Gasteiger partial charge in [-0.2, -0.15) is 0 Å². The number of aliphatic hydroxyl groups excluding tert-OH is 1. The molecule has 0 aliphatic carbocycles. The molecule has 80 heavy (non-hydrogen) atoms. The number of esters is 1. The Balaban J connectivity index is 0.717. The Kier molecular flexibility index (Phi) is 15.8. The summed E-state index contributed by atoms with van der Waals surface area (Å²) >= 11 is 3.22. The Morgan fingerprint density at radius 2 is 1.66 bits per heavy atom. The standard InChI is InChI=1S/C59H66N10O9S2/c1-31-34(4)80-58-49(31)50(63-44(27-48(71)76-9)53-66-65-35(5)69(53)58)37-14-16-41(17-15-37)67-22-20-39(28-67)54(72)60-21-23-77-43-18-19-46-40(24-43)25-47(78-46)56(74)64-52(59(6,7)8)57(75)68-29-42(70)26-45(68)55(73)62-32(2)36-10-12-38(13-11-36)51-33(3)61-30-79-51/h10-19,24-25,30,32,39,42,44-45,52,70H,20-23,26-29H2,1-9H3,(H,60,72)(H,62,73)(H,64,74)/t32?,39?,42-,44+,45+,52?/m1/s1. The lowest BCUT2D eigenvalue weighted by Gasteiger charge is -2.35. The number of anilines is 1. The number of aliphatic hydroxyl groups is 1. The fourth-order valence-corrected chi connectivity index (χ4v) is 12.8. The molecule has 10 rings (SSSR count). The van der Waals surface area contributed by atoms with Gasteiger partial charge in [-0.25, -0.2) is 4.98 Å². The third kappa shape index (κ3) is 11.4. The first kappa shape index (κ1) is 55.6.